The van der Waals surface area contributed by atoms with Crippen molar-refractivity contribution in [1.29, 1.82) is 5.26 Å². The van der Waals surface area contributed by atoms with Gasteiger partial charge in [-0.25, -0.2) is 0 Å². The topological polar surface area (TPSA) is 108 Å². The minimum Gasteiger partial charge on any atom is -0.368 e. The summed E-state index contributed by atoms with van der Waals surface area (Å²) in [6.45, 7) is 4.03. The van der Waals surface area contributed by atoms with Crippen LogP contribution in [-0.2, 0) is 9.59 Å². The SMILES string of the molecule is CC(C)C(NCC(=O)NCCC#N)C(N)=O. The van der Waals surface area contributed by atoms with Crippen molar-refractivity contribution < 1.29 is 9.59 Å². The van der Waals surface area contributed by atoms with E-state index >= 15 is 0 Å². The molecule has 6 heteroatoms. The van der Waals surface area contributed by atoms with E-state index in [1.807, 2.05) is 19.9 Å². The maximum Gasteiger partial charge on any atom is 0.234 e. The van der Waals surface area contributed by atoms with E-state index in [0.29, 0.717) is 6.54 Å². The maximum absolute atomic E-state index is 11.2. The Morgan fingerprint density at radius 1 is 1.44 bits per heavy atom. The van der Waals surface area contributed by atoms with Crippen LogP contribution in [0.3, 0.4) is 0 Å². The van der Waals surface area contributed by atoms with Crippen molar-refractivity contribution in [2.75, 3.05) is 13.1 Å². The minimum absolute atomic E-state index is 0.0250. The number of nitrogens with two attached hydrogens (primary N) is 1. The average Bonchev–Trinajstić information content (AvgIpc) is 2.17. The van der Waals surface area contributed by atoms with Crippen LogP contribution >= 0.6 is 0 Å². The third kappa shape index (κ3) is 5.98. The lowest BCUT2D eigenvalue weighted by Crippen LogP contribution is -2.48. The molecular weight excluding hydrogens is 208 g/mol. The molecule has 0 saturated carbocycles. The molecule has 0 fully saturated rings. The molecule has 0 aliphatic carbocycles. The van der Waals surface area contributed by atoms with Crippen LogP contribution in [0.15, 0.2) is 0 Å². The monoisotopic (exact) mass is 226 g/mol. The molecule has 0 radical (unpaired) electrons. The van der Waals surface area contributed by atoms with Gasteiger partial charge in [-0.05, 0) is 5.92 Å². The van der Waals surface area contributed by atoms with Crippen LogP contribution in [0.4, 0.5) is 0 Å². The second-order valence-electron chi connectivity index (χ2n) is 3.76. The second-order valence-corrected chi connectivity index (χ2v) is 3.76. The standard InChI is InChI=1S/C10H18N4O2/c1-7(2)9(10(12)16)14-6-8(15)13-5-3-4-11/h7,9,14H,3,5-6H2,1-2H3,(H2,12,16)(H,13,15). The summed E-state index contributed by atoms with van der Waals surface area (Å²) in [5.41, 5.74) is 5.17. The molecule has 1 unspecified atom stereocenters. The summed E-state index contributed by atoms with van der Waals surface area (Å²) >= 11 is 0. The van der Waals surface area contributed by atoms with Crippen molar-refractivity contribution in [2.45, 2.75) is 26.3 Å². The van der Waals surface area contributed by atoms with Crippen molar-refractivity contribution in [3.8, 4) is 6.07 Å². The molecule has 2 amide bonds. The molecular formula is C10H18N4O2. The molecule has 0 heterocycles. The van der Waals surface area contributed by atoms with Gasteiger partial charge in [0, 0.05) is 6.54 Å². The number of carbonyl (C=O) groups is 2. The van der Waals surface area contributed by atoms with Gasteiger partial charge in [0.1, 0.15) is 0 Å². The Morgan fingerprint density at radius 3 is 2.50 bits per heavy atom. The predicted molar refractivity (Wildman–Crippen MR) is 59.1 cm³/mol. The fraction of sp³-hybridized carbons (Fsp3) is 0.700. The fourth-order valence-corrected chi connectivity index (χ4v) is 1.19. The first-order chi connectivity index (χ1) is 7.49. The minimum atomic E-state index is -0.512. The number of amides is 2. The number of primary amides is 1. The first kappa shape index (κ1) is 14.4. The van der Waals surface area contributed by atoms with E-state index in [1.54, 1.807) is 0 Å². The van der Waals surface area contributed by atoms with Gasteiger partial charge in [-0.2, -0.15) is 5.26 Å². The molecule has 1 atom stereocenters. The number of nitriles is 1. The zero-order valence-corrected chi connectivity index (χ0v) is 9.62. The Bertz CT molecular complexity index is 283. The van der Waals surface area contributed by atoms with E-state index < -0.39 is 11.9 Å². The second kappa shape index (κ2) is 7.65. The van der Waals surface area contributed by atoms with Gasteiger partial charge in [-0.3, -0.25) is 14.9 Å². The highest BCUT2D eigenvalue weighted by Gasteiger charge is 2.19. The van der Waals surface area contributed by atoms with Gasteiger partial charge in [0.15, 0.2) is 0 Å². The van der Waals surface area contributed by atoms with E-state index in [1.165, 1.54) is 0 Å². The van der Waals surface area contributed by atoms with E-state index in [2.05, 4.69) is 10.6 Å². The van der Waals surface area contributed by atoms with Gasteiger partial charge in [0.25, 0.3) is 0 Å². The number of rotatable bonds is 7. The quantitative estimate of drug-likeness (QED) is 0.489. The van der Waals surface area contributed by atoms with Crippen molar-refractivity contribution in [3.63, 3.8) is 0 Å². The zero-order chi connectivity index (χ0) is 12.6. The van der Waals surface area contributed by atoms with Crippen molar-refractivity contribution in [1.82, 2.24) is 10.6 Å². The third-order valence-corrected chi connectivity index (χ3v) is 2.01. The molecule has 0 aliphatic rings. The third-order valence-electron chi connectivity index (χ3n) is 2.01. The lowest BCUT2D eigenvalue weighted by atomic mass is 10.0. The summed E-state index contributed by atoms with van der Waals surface area (Å²) in [6, 6.07) is 1.40. The van der Waals surface area contributed by atoms with Crippen LogP contribution in [0.25, 0.3) is 0 Å². The molecule has 16 heavy (non-hydrogen) atoms. The Morgan fingerprint density at radius 2 is 2.06 bits per heavy atom. The van der Waals surface area contributed by atoms with Gasteiger partial charge < -0.3 is 11.1 Å². The number of nitrogens with zero attached hydrogens (tertiary/aromatic N) is 1. The van der Waals surface area contributed by atoms with Gasteiger partial charge >= 0.3 is 0 Å². The molecule has 4 N–H and O–H groups in total. The lowest BCUT2D eigenvalue weighted by molar-refractivity contribution is -0.122. The molecule has 0 saturated heterocycles. The van der Waals surface area contributed by atoms with Crippen molar-refractivity contribution in [3.05, 3.63) is 0 Å². The number of hydrogen-bond donors (Lipinski definition) is 3. The summed E-state index contributed by atoms with van der Waals surface area (Å²) in [5, 5.41) is 13.6. The van der Waals surface area contributed by atoms with Crippen LogP contribution in [0.1, 0.15) is 20.3 Å². The molecule has 0 bridgehead atoms. The number of carbonyl (C=O) groups excluding carboxylic acids is 2. The summed E-state index contributed by atoms with van der Waals surface area (Å²) in [4.78, 5) is 22.2. The van der Waals surface area contributed by atoms with E-state index in [0.717, 1.165) is 0 Å². The van der Waals surface area contributed by atoms with Crippen LogP contribution < -0.4 is 16.4 Å². The number of nitrogens with one attached hydrogen (secondary N) is 2. The Hall–Kier alpha value is -1.61. The Kier molecular flexibility index (Phi) is 6.88. The van der Waals surface area contributed by atoms with Gasteiger partial charge in [0.2, 0.25) is 11.8 Å². The summed E-state index contributed by atoms with van der Waals surface area (Å²) < 4.78 is 0. The zero-order valence-electron chi connectivity index (χ0n) is 9.62. The van der Waals surface area contributed by atoms with Crippen LogP contribution in [0.2, 0.25) is 0 Å². The van der Waals surface area contributed by atoms with Crippen molar-refractivity contribution in [2.24, 2.45) is 11.7 Å². The van der Waals surface area contributed by atoms with Gasteiger partial charge in [-0.1, -0.05) is 13.8 Å². The molecule has 0 aromatic heterocycles. The molecule has 0 aromatic rings. The van der Waals surface area contributed by atoms with Crippen LogP contribution in [-0.4, -0.2) is 30.9 Å². The molecule has 0 aliphatic heterocycles. The van der Waals surface area contributed by atoms with Crippen LogP contribution in [0, 0.1) is 17.2 Å². The van der Waals surface area contributed by atoms with Crippen molar-refractivity contribution >= 4 is 11.8 Å². The Labute approximate surface area is 95.2 Å². The first-order valence-electron chi connectivity index (χ1n) is 5.15. The van der Waals surface area contributed by atoms with Gasteiger partial charge in [0.05, 0.1) is 25.1 Å². The average molecular weight is 226 g/mol. The normalized spacial score (nSPS) is 11.9. The molecule has 6 nitrogen and oxygen atoms in total. The Balaban J connectivity index is 3.89. The highest BCUT2D eigenvalue weighted by molar-refractivity contribution is 5.82. The highest BCUT2D eigenvalue weighted by Crippen LogP contribution is 1.99. The first-order valence-corrected chi connectivity index (χ1v) is 5.15. The highest BCUT2D eigenvalue weighted by atomic mass is 16.2. The van der Waals surface area contributed by atoms with Crippen LogP contribution in [0.5, 0.6) is 0 Å². The lowest BCUT2D eigenvalue weighted by Gasteiger charge is -2.18. The number of hydrogen-bond acceptors (Lipinski definition) is 4. The molecule has 0 rings (SSSR count). The van der Waals surface area contributed by atoms with E-state index in [4.69, 9.17) is 11.0 Å². The molecule has 90 valence electrons. The smallest absolute Gasteiger partial charge is 0.234 e. The fourth-order valence-electron chi connectivity index (χ4n) is 1.19. The largest absolute Gasteiger partial charge is 0.368 e. The van der Waals surface area contributed by atoms with E-state index in [9.17, 15) is 9.59 Å². The molecule has 0 spiro atoms. The molecule has 0 aromatic carbocycles. The summed E-state index contributed by atoms with van der Waals surface area (Å²) in [5.74, 6) is -0.689. The van der Waals surface area contributed by atoms with E-state index in [-0.39, 0.29) is 24.8 Å². The predicted octanol–water partition coefficient (Wildman–Crippen LogP) is -0.884. The summed E-state index contributed by atoms with van der Waals surface area (Å²) in [6.07, 6.45) is 0.273. The maximum atomic E-state index is 11.2. The van der Waals surface area contributed by atoms with Gasteiger partial charge in [-0.15, -0.1) is 0 Å². The summed E-state index contributed by atoms with van der Waals surface area (Å²) in [7, 11) is 0.